The molecule has 1 heterocycles. The van der Waals surface area contributed by atoms with Crippen molar-refractivity contribution in [1.82, 2.24) is 10.2 Å². The van der Waals surface area contributed by atoms with Crippen LogP contribution in [0.3, 0.4) is 0 Å². The van der Waals surface area contributed by atoms with Crippen molar-refractivity contribution in [2.45, 2.75) is 13.5 Å². The van der Waals surface area contributed by atoms with E-state index in [0.717, 1.165) is 10.0 Å². The van der Waals surface area contributed by atoms with Crippen molar-refractivity contribution in [2.75, 3.05) is 13.2 Å². The minimum absolute atomic E-state index is 0.00720. The summed E-state index contributed by atoms with van der Waals surface area (Å²) >= 11 is 3.39. The number of rotatable bonds is 8. The first kappa shape index (κ1) is 21.4. The number of urea groups is 1. The van der Waals surface area contributed by atoms with Crippen LogP contribution in [0, 0.1) is 0 Å². The molecule has 0 atom stereocenters. The molecule has 1 aliphatic rings. The van der Waals surface area contributed by atoms with Crippen LogP contribution in [0.15, 0.2) is 52.6 Å². The topological polar surface area (TPSA) is 105 Å². The highest BCUT2D eigenvalue weighted by Gasteiger charge is 2.34. The number of nitrogens with one attached hydrogen (secondary N) is 1. The van der Waals surface area contributed by atoms with E-state index in [0.29, 0.717) is 35.2 Å². The molecule has 0 spiro atoms. The first-order chi connectivity index (χ1) is 14.4. The van der Waals surface area contributed by atoms with E-state index in [-0.39, 0.29) is 5.70 Å². The first-order valence-corrected chi connectivity index (χ1v) is 9.87. The van der Waals surface area contributed by atoms with Gasteiger partial charge in [0.25, 0.3) is 5.91 Å². The van der Waals surface area contributed by atoms with Gasteiger partial charge in [-0.1, -0.05) is 34.1 Å². The van der Waals surface area contributed by atoms with Crippen molar-refractivity contribution < 1.29 is 29.0 Å². The lowest BCUT2D eigenvalue weighted by atomic mass is 10.1. The molecule has 0 aromatic heterocycles. The molecule has 0 saturated carbocycles. The Bertz CT molecular complexity index is 1000. The third kappa shape index (κ3) is 5.18. The van der Waals surface area contributed by atoms with Crippen LogP contribution in [0.5, 0.6) is 11.5 Å². The number of amides is 3. The molecule has 3 amide bonds. The van der Waals surface area contributed by atoms with E-state index < -0.39 is 24.5 Å². The zero-order valence-corrected chi connectivity index (χ0v) is 17.6. The van der Waals surface area contributed by atoms with Crippen LogP contribution in [0.25, 0.3) is 6.08 Å². The quantitative estimate of drug-likeness (QED) is 0.448. The van der Waals surface area contributed by atoms with Gasteiger partial charge in [0, 0.05) is 4.47 Å². The fraction of sp³-hybridized carbons (Fsp3) is 0.190. The van der Waals surface area contributed by atoms with Gasteiger partial charge in [-0.3, -0.25) is 9.59 Å². The zero-order chi connectivity index (χ0) is 21.7. The van der Waals surface area contributed by atoms with Gasteiger partial charge >= 0.3 is 12.0 Å². The molecular formula is C21H19BrN2O6. The van der Waals surface area contributed by atoms with E-state index in [2.05, 4.69) is 21.2 Å². The normalized spacial score (nSPS) is 14.7. The van der Waals surface area contributed by atoms with Gasteiger partial charge in [-0.2, -0.15) is 0 Å². The maximum absolute atomic E-state index is 12.3. The Hall–Kier alpha value is -3.33. The van der Waals surface area contributed by atoms with Gasteiger partial charge in [0.1, 0.15) is 18.8 Å². The molecule has 8 nitrogen and oxygen atoms in total. The Labute approximate surface area is 181 Å². The number of hydrogen-bond donors (Lipinski definition) is 2. The van der Waals surface area contributed by atoms with Crippen LogP contribution in [-0.4, -0.2) is 41.1 Å². The van der Waals surface area contributed by atoms with E-state index in [1.165, 1.54) is 6.08 Å². The molecular weight excluding hydrogens is 456 g/mol. The van der Waals surface area contributed by atoms with Crippen molar-refractivity contribution in [3.63, 3.8) is 0 Å². The standard InChI is InChI=1S/C21H19BrN2O6/c1-2-29-18-10-14(9-16-20(27)24(11-19(25)26)21(28)23-16)5-8-17(18)30-12-13-3-6-15(22)7-4-13/h3-10H,2,11-12H2,1H3,(H,23,28)(H,25,26)/b16-9+. The Morgan fingerprint density at radius 2 is 1.87 bits per heavy atom. The van der Waals surface area contributed by atoms with E-state index in [9.17, 15) is 14.4 Å². The third-order valence-corrected chi connectivity index (χ3v) is 4.67. The Morgan fingerprint density at radius 1 is 1.13 bits per heavy atom. The van der Waals surface area contributed by atoms with Crippen molar-refractivity contribution >= 4 is 39.9 Å². The number of imide groups is 1. The lowest BCUT2D eigenvalue weighted by Gasteiger charge is -2.13. The van der Waals surface area contributed by atoms with E-state index >= 15 is 0 Å². The SMILES string of the molecule is CCOc1cc(/C=C2/NC(=O)N(CC(=O)O)C2=O)ccc1OCc1ccc(Br)cc1. The minimum Gasteiger partial charge on any atom is -0.490 e. The maximum atomic E-state index is 12.3. The van der Waals surface area contributed by atoms with Crippen LogP contribution in [0.2, 0.25) is 0 Å². The molecule has 1 saturated heterocycles. The predicted molar refractivity (Wildman–Crippen MR) is 112 cm³/mol. The molecule has 2 aromatic rings. The number of carbonyl (C=O) groups is 3. The number of carbonyl (C=O) groups excluding carboxylic acids is 2. The summed E-state index contributed by atoms with van der Waals surface area (Å²) in [6.45, 7) is 1.91. The lowest BCUT2D eigenvalue weighted by Crippen LogP contribution is -2.35. The van der Waals surface area contributed by atoms with Gasteiger partial charge < -0.3 is 19.9 Å². The molecule has 9 heteroatoms. The average Bonchev–Trinajstić information content (AvgIpc) is 2.96. The minimum atomic E-state index is -1.27. The summed E-state index contributed by atoms with van der Waals surface area (Å²) in [7, 11) is 0. The summed E-state index contributed by atoms with van der Waals surface area (Å²) in [6, 6.07) is 12.1. The lowest BCUT2D eigenvalue weighted by molar-refractivity contribution is -0.140. The second-order valence-electron chi connectivity index (χ2n) is 6.33. The monoisotopic (exact) mass is 474 g/mol. The molecule has 2 aromatic carbocycles. The number of carboxylic acids is 1. The van der Waals surface area contributed by atoms with Gasteiger partial charge in [-0.15, -0.1) is 0 Å². The fourth-order valence-corrected chi connectivity index (χ4v) is 3.03. The van der Waals surface area contributed by atoms with E-state index in [4.69, 9.17) is 14.6 Å². The van der Waals surface area contributed by atoms with Gasteiger partial charge in [0.05, 0.1) is 6.61 Å². The highest BCUT2D eigenvalue weighted by Crippen LogP contribution is 2.30. The van der Waals surface area contributed by atoms with Crippen LogP contribution in [0.4, 0.5) is 4.79 Å². The number of ether oxygens (including phenoxy) is 2. The number of halogens is 1. The molecule has 2 N–H and O–H groups in total. The fourth-order valence-electron chi connectivity index (χ4n) is 2.76. The molecule has 0 aliphatic carbocycles. The molecule has 156 valence electrons. The molecule has 0 radical (unpaired) electrons. The first-order valence-electron chi connectivity index (χ1n) is 9.07. The van der Waals surface area contributed by atoms with Crippen molar-refractivity contribution in [3.8, 4) is 11.5 Å². The van der Waals surface area contributed by atoms with Gasteiger partial charge in [-0.05, 0) is 48.4 Å². The summed E-state index contributed by atoms with van der Waals surface area (Å²) in [5, 5.41) is 11.2. The third-order valence-electron chi connectivity index (χ3n) is 4.14. The highest BCUT2D eigenvalue weighted by molar-refractivity contribution is 9.10. The van der Waals surface area contributed by atoms with Gasteiger partial charge in [-0.25, -0.2) is 9.69 Å². The summed E-state index contributed by atoms with van der Waals surface area (Å²) < 4.78 is 12.5. The highest BCUT2D eigenvalue weighted by atomic mass is 79.9. The van der Waals surface area contributed by atoms with Crippen LogP contribution >= 0.6 is 15.9 Å². The number of carboxylic acid groups (broad SMARTS) is 1. The summed E-state index contributed by atoms with van der Waals surface area (Å²) in [4.78, 5) is 35.5. The summed E-state index contributed by atoms with van der Waals surface area (Å²) in [6.07, 6.45) is 1.46. The van der Waals surface area contributed by atoms with Gasteiger partial charge in [0.2, 0.25) is 0 Å². The number of nitrogens with zero attached hydrogens (tertiary/aromatic N) is 1. The second kappa shape index (κ2) is 9.45. The Kier molecular flexibility index (Phi) is 6.73. The number of benzene rings is 2. The summed E-state index contributed by atoms with van der Waals surface area (Å²) in [5.74, 6) is -0.944. The maximum Gasteiger partial charge on any atom is 0.329 e. The number of aliphatic carboxylic acids is 1. The zero-order valence-electron chi connectivity index (χ0n) is 16.1. The molecule has 1 fully saturated rings. The van der Waals surface area contributed by atoms with E-state index in [1.807, 2.05) is 31.2 Å². The van der Waals surface area contributed by atoms with Crippen LogP contribution in [0.1, 0.15) is 18.1 Å². The summed E-state index contributed by atoms with van der Waals surface area (Å²) in [5.41, 5.74) is 1.58. The molecule has 30 heavy (non-hydrogen) atoms. The molecule has 1 aliphatic heterocycles. The smallest absolute Gasteiger partial charge is 0.329 e. The predicted octanol–water partition coefficient (Wildman–Crippen LogP) is 3.40. The van der Waals surface area contributed by atoms with Crippen molar-refractivity contribution in [1.29, 1.82) is 0 Å². The largest absolute Gasteiger partial charge is 0.490 e. The average molecular weight is 475 g/mol. The van der Waals surface area contributed by atoms with Crippen LogP contribution < -0.4 is 14.8 Å². The Morgan fingerprint density at radius 3 is 2.53 bits per heavy atom. The van der Waals surface area contributed by atoms with Crippen molar-refractivity contribution in [3.05, 3.63) is 63.8 Å². The molecule has 0 bridgehead atoms. The molecule has 3 rings (SSSR count). The van der Waals surface area contributed by atoms with Crippen LogP contribution in [-0.2, 0) is 16.2 Å². The number of hydrogen-bond acceptors (Lipinski definition) is 5. The van der Waals surface area contributed by atoms with E-state index in [1.54, 1.807) is 18.2 Å². The second-order valence-corrected chi connectivity index (χ2v) is 7.24. The Balaban J connectivity index is 1.78. The van der Waals surface area contributed by atoms with Crippen molar-refractivity contribution in [2.24, 2.45) is 0 Å². The molecule has 0 unspecified atom stereocenters. The van der Waals surface area contributed by atoms with Gasteiger partial charge in [0.15, 0.2) is 11.5 Å².